The van der Waals surface area contributed by atoms with Crippen molar-refractivity contribution in [3.8, 4) is 0 Å². The summed E-state index contributed by atoms with van der Waals surface area (Å²) in [6.45, 7) is 6.83. The molecule has 168 valence electrons. The number of thioether (sulfide) groups is 3. The largest absolute Gasteiger partial charge is 0.250 e. The van der Waals surface area contributed by atoms with Crippen molar-refractivity contribution in [2.24, 2.45) is 0 Å². The lowest BCUT2D eigenvalue weighted by atomic mass is 9.90. The minimum absolute atomic E-state index is 0.914. The second kappa shape index (κ2) is 11.7. The van der Waals surface area contributed by atoms with Crippen LogP contribution in [0, 0.1) is 20.8 Å². The zero-order chi connectivity index (χ0) is 23.0. The molecule has 0 fully saturated rings. The van der Waals surface area contributed by atoms with Crippen molar-refractivity contribution in [1.82, 2.24) is 15.0 Å². The van der Waals surface area contributed by atoms with Gasteiger partial charge >= 0.3 is 0 Å². The zero-order valence-corrected chi connectivity index (χ0v) is 21.6. The van der Waals surface area contributed by atoms with Gasteiger partial charge in [-0.25, -0.2) is 15.0 Å². The van der Waals surface area contributed by atoms with Gasteiger partial charge in [-0.15, -0.1) is 35.3 Å². The van der Waals surface area contributed by atoms with Crippen molar-refractivity contribution in [3.63, 3.8) is 0 Å². The summed E-state index contributed by atoms with van der Waals surface area (Å²) in [5, 5.41) is 3.18. The lowest BCUT2D eigenvalue weighted by Crippen LogP contribution is -2.06. The van der Waals surface area contributed by atoms with E-state index in [0.717, 1.165) is 32.3 Å². The maximum atomic E-state index is 4.51. The van der Waals surface area contributed by atoms with Gasteiger partial charge in [-0.1, -0.05) is 18.2 Å². The van der Waals surface area contributed by atoms with Gasteiger partial charge in [-0.2, -0.15) is 0 Å². The van der Waals surface area contributed by atoms with Crippen LogP contribution in [-0.2, 0) is 17.3 Å². The summed E-state index contributed by atoms with van der Waals surface area (Å²) in [5.41, 5.74) is 8.44. The summed E-state index contributed by atoms with van der Waals surface area (Å²) in [4.78, 5) is 13.5. The second-order valence-corrected chi connectivity index (χ2v) is 10.7. The van der Waals surface area contributed by atoms with Gasteiger partial charge < -0.3 is 0 Å². The molecule has 0 spiro atoms. The van der Waals surface area contributed by atoms with Gasteiger partial charge in [0.2, 0.25) is 0 Å². The van der Waals surface area contributed by atoms with Crippen LogP contribution in [0.4, 0.5) is 0 Å². The number of benzene rings is 1. The van der Waals surface area contributed by atoms with Crippen LogP contribution in [0.15, 0.2) is 88.3 Å². The highest BCUT2D eigenvalue weighted by Gasteiger charge is 2.18. The van der Waals surface area contributed by atoms with E-state index in [-0.39, 0.29) is 0 Å². The molecule has 0 saturated carbocycles. The number of rotatable bonds is 9. The predicted octanol–water partition coefficient (Wildman–Crippen LogP) is 7.67. The highest BCUT2D eigenvalue weighted by Crippen LogP contribution is 2.37. The van der Waals surface area contributed by atoms with Crippen LogP contribution >= 0.6 is 35.3 Å². The van der Waals surface area contributed by atoms with Crippen molar-refractivity contribution in [3.05, 3.63) is 107 Å². The van der Waals surface area contributed by atoms with Gasteiger partial charge in [-0.05, 0) is 90.6 Å². The SMILES string of the molecule is Cc1c(CSc2ccccn2)c(C)c(CSc2ccccn2)c(C)c1CSc1ccccn1. The molecule has 3 heterocycles. The smallest absolute Gasteiger partial charge is 0.0963 e. The Hall–Kier alpha value is -2.28. The third-order valence-corrected chi connectivity index (χ3v) is 8.63. The third kappa shape index (κ3) is 6.19. The van der Waals surface area contributed by atoms with E-state index in [9.17, 15) is 0 Å². The highest BCUT2D eigenvalue weighted by molar-refractivity contribution is 7.99. The molecule has 0 bridgehead atoms. The Balaban J connectivity index is 1.65. The number of aromatic nitrogens is 3. The minimum Gasteiger partial charge on any atom is -0.250 e. The molecule has 6 heteroatoms. The van der Waals surface area contributed by atoms with E-state index in [1.165, 1.54) is 33.4 Å². The molecule has 0 unspecified atom stereocenters. The van der Waals surface area contributed by atoms with Gasteiger partial charge in [0.05, 0.1) is 15.1 Å². The predicted molar refractivity (Wildman–Crippen MR) is 142 cm³/mol. The van der Waals surface area contributed by atoms with Crippen molar-refractivity contribution in [2.75, 3.05) is 0 Å². The van der Waals surface area contributed by atoms with Crippen LogP contribution in [0.25, 0.3) is 0 Å². The Morgan fingerprint density at radius 2 is 0.788 bits per heavy atom. The van der Waals surface area contributed by atoms with Gasteiger partial charge in [0, 0.05) is 35.8 Å². The summed E-state index contributed by atoms with van der Waals surface area (Å²) >= 11 is 5.41. The van der Waals surface area contributed by atoms with Crippen molar-refractivity contribution in [1.29, 1.82) is 0 Å². The van der Waals surface area contributed by atoms with E-state index in [0.29, 0.717) is 0 Å². The molecule has 0 amide bonds. The van der Waals surface area contributed by atoms with Crippen LogP contribution in [-0.4, -0.2) is 15.0 Å². The van der Waals surface area contributed by atoms with Crippen LogP contribution < -0.4 is 0 Å². The average Bonchev–Trinajstić information content (AvgIpc) is 2.86. The number of pyridine rings is 3. The van der Waals surface area contributed by atoms with E-state index in [1.54, 1.807) is 35.3 Å². The molecule has 0 N–H and O–H groups in total. The Bertz CT molecular complexity index is 1010. The van der Waals surface area contributed by atoms with Crippen molar-refractivity contribution >= 4 is 35.3 Å². The lowest BCUT2D eigenvalue weighted by Gasteiger charge is -2.22. The molecular formula is C27H27N3S3. The summed E-state index contributed by atoms with van der Waals surface area (Å²) in [5.74, 6) is 2.74. The Kier molecular flexibility index (Phi) is 8.48. The first-order valence-corrected chi connectivity index (χ1v) is 13.8. The Morgan fingerprint density at radius 3 is 1.03 bits per heavy atom. The average molecular weight is 490 g/mol. The normalized spacial score (nSPS) is 11.0. The highest BCUT2D eigenvalue weighted by atomic mass is 32.2. The monoisotopic (exact) mass is 489 g/mol. The fourth-order valence-electron chi connectivity index (χ4n) is 3.78. The molecule has 0 radical (unpaired) electrons. The molecule has 33 heavy (non-hydrogen) atoms. The zero-order valence-electron chi connectivity index (χ0n) is 19.1. The minimum atomic E-state index is 0.914. The van der Waals surface area contributed by atoms with E-state index in [2.05, 4.69) is 53.9 Å². The molecule has 1 aromatic carbocycles. The van der Waals surface area contributed by atoms with Crippen LogP contribution in [0.5, 0.6) is 0 Å². The number of nitrogens with zero attached hydrogens (tertiary/aromatic N) is 3. The fourth-order valence-corrected chi connectivity index (χ4v) is 6.88. The maximum absolute atomic E-state index is 4.51. The molecule has 0 aliphatic heterocycles. The first-order valence-electron chi connectivity index (χ1n) is 10.9. The summed E-state index contributed by atoms with van der Waals surface area (Å²) < 4.78 is 0. The Morgan fingerprint density at radius 1 is 0.485 bits per heavy atom. The summed E-state index contributed by atoms with van der Waals surface area (Å²) in [6, 6.07) is 18.3. The number of hydrogen-bond donors (Lipinski definition) is 0. The van der Waals surface area contributed by atoms with Gasteiger partial charge in [0.1, 0.15) is 0 Å². The maximum Gasteiger partial charge on any atom is 0.0963 e. The van der Waals surface area contributed by atoms with Crippen LogP contribution in [0.3, 0.4) is 0 Å². The second-order valence-electron chi connectivity index (χ2n) is 7.68. The molecule has 4 rings (SSSR count). The molecule has 0 atom stereocenters. The van der Waals surface area contributed by atoms with Gasteiger partial charge in [0.25, 0.3) is 0 Å². The lowest BCUT2D eigenvalue weighted by molar-refractivity contribution is 1.08. The quantitative estimate of drug-likeness (QED) is 0.225. The standard InChI is InChI=1S/C27H27N3S3/c1-19-22(16-31-25-10-4-7-13-28-25)20(2)24(18-33-27-12-6-9-15-30-27)21(3)23(19)17-32-26-11-5-8-14-29-26/h4-15H,16-18H2,1-3H3. The van der Waals surface area contributed by atoms with E-state index in [1.807, 2.05) is 55.0 Å². The summed E-state index contributed by atoms with van der Waals surface area (Å²) in [6.07, 6.45) is 5.59. The first kappa shape index (κ1) is 23.9. The van der Waals surface area contributed by atoms with Gasteiger partial charge in [-0.3, -0.25) is 0 Å². The third-order valence-electron chi connectivity index (χ3n) is 5.72. The van der Waals surface area contributed by atoms with Gasteiger partial charge in [0.15, 0.2) is 0 Å². The molecule has 3 nitrogen and oxygen atoms in total. The summed E-state index contributed by atoms with van der Waals surface area (Å²) in [7, 11) is 0. The molecular weight excluding hydrogens is 463 g/mol. The van der Waals surface area contributed by atoms with E-state index in [4.69, 9.17) is 0 Å². The Labute approximate surface area is 209 Å². The molecule has 4 aromatic rings. The number of hydrogen-bond acceptors (Lipinski definition) is 6. The van der Waals surface area contributed by atoms with E-state index < -0.39 is 0 Å². The van der Waals surface area contributed by atoms with Crippen LogP contribution in [0.2, 0.25) is 0 Å². The van der Waals surface area contributed by atoms with E-state index >= 15 is 0 Å². The molecule has 3 aromatic heterocycles. The molecule has 0 saturated heterocycles. The van der Waals surface area contributed by atoms with Crippen molar-refractivity contribution < 1.29 is 0 Å². The van der Waals surface area contributed by atoms with Crippen molar-refractivity contribution in [2.45, 2.75) is 53.1 Å². The molecule has 0 aliphatic rings. The fraction of sp³-hybridized carbons (Fsp3) is 0.222. The van der Waals surface area contributed by atoms with Crippen LogP contribution in [0.1, 0.15) is 33.4 Å². The topological polar surface area (TPSA) is 38.7 Å². The molecule has 0 aliphatic carbocycles. The first-order chi connectivity index (χ1) is 16.1.